The van der Waals surface area contributed by atoms with Gasteiger partial charge in [0.05, 0.1) is 0 Å². The van der Waals surface area contributed by atoms with Crippen LogP contribution in [0.15, 0.2) is 35.1 Å². The molecule has 1 amide bonds. The second kappa shape index (κ2) is 7.11. The highest BCUT2D eigenvalue weighted by molar-refractivity contribution is 5.97. The molecule has 7 heteroatoms. The third-order valence-electron chi connectivity index (χ3n) is 4.67. The summed E-state index contributed by atoms with van der Waals surface area (Å²) in [5.41, 5.74) is 3.35. The molecule has 1 fully saturated rings. The number of nitrogens with zero attached hydrogens (tertiary/aromatic N) is 4. The van der Waals surface area contributed by atoms with E-state index < -0.39 is 0 Å². The van der Waals surface area contributed by atoms with Crippen molar-refractivity contribution in [3.63, 3.8) is 0 Å². The van der Waals surface area contributed by atoms with Gasteiger partial charge in [0.15, 0.2) is 0 Å². The zero-order chi connectivity index (χ0) is 17.9. The second-order valence-electron chi connectivity index (χ2n) is 6.56. The van der Waals surface area contributed by atoms with Crippen LogP contribution in [0.5, 0.6) is 0 Å². The van der Waals surface area contributed by atoms with Gasteiger partial charge in [-0.3, -0.25) is 4.79 Å². The first-order valence-electron chi connectivity index (χ1n) is 8.91. The Morgan fingerprint density at radius 2 is 2.08 bits per heavy atom. The predicted molar refractivity (Wildman–Crippen MR) is 98.7 cm³/mol. The van der Waals surface area contributed by atoms with Gasteiger partial charge in [-0.2, -0.15) is 4.98 Å². The van der Waals surface area contributed by atoms with Crippen LogP contribution in [0.25, 0.3) is 22.4 Å². The van der Waals surface area contributed by atoms with Crippen molar-refractivity contribution < 1.29 is 9.32 Å². The molecule has 1 saturated heterocycles. The zero-order valence-electron chi connectivity index (χ0n) is 14.7. The number of benzene rings is 1. The molecule has 134 valence electrons. The first-order chi connectivity index (χ1) is 12.7. The third-order valence-corrected chi connectivity index (χ3v) is 4.67. The SMILES string of the molecule is Cc1ccc(-c2noc3ncnc(NCCCN4CCCC4=O)c23)cc1. The van der Waals surface area contributed by atoms with Crippen molar-refractivity contribution in [1.82, 2.24) is 20.0 Å². The molecular formula is C19H21N5O2. The lowest BCUT2D eigenvalue weighted by molar-refractivity contribution is -0.127. The van der Waals surface area contributed by atoms with Crippen molar-refractivity contribution in [3.05, 3.63) is 36.2 Å². The standard InChI is InChI=1S/C19H21N5O2/c1-13-5-7-14(8-6-13)17-16-18(21-12-22-19(16)26-23-17)20-9-3-11-24-10-2-4-15(24)25/h5-8,12H,2-4,9-11H2,1H3,(H,20,21,22). The second-order valence-corrected chi connectivity index (χ2v) is 6.56. The fourth-order valence-corrected chi connectivity index (χ4v) is 3.25. The van der Waals surface area contributed by atoms with E-state index in [0.29, 0.717) is 24.5 Å². The van der Waals surface area contributed by atoms with Gasteiger partial charge in [-0.25, -0.2) is 4.98 Å². The number of hydrogen-bond donors (Lipinski definition) is 1. The van der Waals surface area contributed by atoms with Crippen LogP contribution in [0.2, 0.25) is 0 Å². The minimum atomic E-state index is 0.259. The molecule has 0 bridgehead atoms. The van der Waals surface area contributed by atoms with Gasteiger partial charge in [-0.15, -0.1) is 0 Å². The van der Waals surface area contributed by atoms with Crippen LogP contribution in [0, 0.1) is 6.92 Å². The highest BCUT2D eigenvalue weighted by Gasteiger charge is 2.19. The van der Waals surface area contributed by atoms with E-state index in [2.05, 4.69) is 20.4 Å². The molecule has 0 saturated carbocycles. The van der Waals surface area contributed by atoms with Crippen LogP contribution in [0.1, 0.15) is 24.8 Å². The minimum Gasteiger partial charge on any atom is -0.369 e. The number of amides is 1. The van der Waals surface area contributed by atoms with E-state index in [1.54, 1.807) is 0 Å². The van der Waals surface area contributed by atoms with Gasteiger partial charge in [0.2, 0.25) is 5.91 Å². The molecule has 1 N–H and O–H groups in total. The van der Waals surface area contributed by atoms with Crippen LogP contribution in [0.4, 0.5) is 5.82 Å². The Balaban J connectivity index is 1.50. The predicted octanol–water partition coefficient (Wildman–Crippen LogP) is 3.02. The molecule has 2 aromatic heterocycles. The Bertz CT molecular complexity index is 919. The van der Waals surface area contributed by atoms with Crippen LogP contribution in [0.3, 0.4) is 0 Å². The summed E-state index contributed by atoms with van der Waals surface area (Å²) in [6, 6.07) is 8.12. The first kappa shape index (κ1) is 16.5. The summed E-state index contributed by atoms with van der Waals surface area (Å²) in [5, 5.41) is 8.32. The molecule has 26 heavy (non-hydrogen) atoms. The van der Waals surface area contributed by atoms with Gasteiger partial charge in [0.25, 0.3) is 5.71 Å². The van der Waals surface area contributed by atoms with Gasteiger partial charge >= 0.3 is 0 Å². The Hall–Kier alpha value is -2.96. The summed E-state index contributed by atoms with van der Waals surface area (Å²) >= 11 is 0. The van der Waals surface area contributed by atoms with Crippen molar-refractivity contribution >= 4 is 22.8 Å². The third kappa shape index (κ3) is 3.24. The molecule has 1 aliphatic rings. The average molecular weight is 351 g/mol. The van der Waals surface area contributed by atoms with Gasteiger partial charge < -0.3 is 14.7 Å². The molecule has 7 nitrogen and oxygen atoms in total. The quantitative estimate of drug-likeness (QED) is 0.687. The lowest BCUT2D eigenvalue weighted by Crippen LogP contribution is -2.27. The fraction of sp³-hybridized carbons (Fsp3) is 0.368. The molecule has 1 aliphatic heterocycles. The smallest absolute Gasteiger partial charge is 0.263 e. The van der Waals surface area contributed by atoms with E-state index >= 15 is 0 Å². The largest absolute Gasteiger partial charge is 0.369 e. The number of carbonyl (C=O) groups excluding carboxylic acids is 1. The Morgan fingerprint density at radius 1 is 1.23 bits per heavy atom. The molecule has 0 radical (unpaired) electrons. The van der Waals surface area contributed by atoms with Gasteiger partial charge in [-0.05, 0) is 19.8 Å². The highest BCUT2D eigenvalue weighted by Crippen LogP contribution is 2.31. The maximum atomic E-state index is 11.7. The number of carbonyl (C=O) groups is 1. The van der Waals surface area contributed by atoms with E-state index in [1.165, 1.54) is 11.9 Å². The number of anilines is 1. The van der Waals surface area contributed by atoms with E-state index in [4.69, 9.17) is 4.52 Å². The summed E-state index contributed by atoms with van der Waals surface area (Å²) < 4.78 is 5.38. The van der Waals surface area contributed by atoms with Gasteiger partial charge in [0.1, 0.15) is 23.2 Å². The van der Waals surface area contributed by atoms with Crippen molar-refractivity contribution in [2.75, 3.05) is 25.0 Å². The Morgan fingerprint density at radius 3 is 2.85 bits per heavy atom. The molecular weight excluding hydrogens is 330 g/mol. The number of likely N-dealkylation sites (tertiary alicyclic amines) is 1. The highest BCUT2D eigenvalue weighted by atomic mass is 16.5. The van der Waals surface area contributed by atoms with E-state index in [1.807, 2.05) is 36.1 Å². The lowest BCUT2D eigenvalue weighted by atomic mass is 10.1. The monoisotopic (exact) mass is 351 g/mol. The number of nitrogens with one attached hydrogen (secondary N) is 1. The van der Waals surface area contributed by atoms with E-state index in [0.717, 1.165) is 42.6 Å². The van der Waals surface area contributed by atoms with Crippen molar-refractivity contribution in [2.24, 2.45) is 0 Å². The molecule has 0 spiro atoms. The average Bonchev–Trinajstić information content (AvgIpc) is 3.26. The Labute approximate surface area is 151 Å². The zero-order valence-corrected chi connectivity index (χ0v) is 14.7. The number of aryl methyl sites for hydroxylation is 1. The lowest BCUT2D eigenvalue weighted by Gasteiger charge is -2.15. The van der Waals surface area contributed by atoms with Gasteiger partial charge in [0, 0.05) is 31.6 Å². The number of hydrogen-bond acceptors (Lipinski definition) is 6. The van der Waals surface area contributed by atoms with Crippen LogP contribution in [-0.4, -0.2) is 45.6 Å². The van der Waals surface area contributed by atoms with Crippen molar-refractivity contribution in [2.45, 2.75) is 26.2 Å². The fourth-order valence-electron chi connectivity index (χ4n) is 3.25. The van der Waals surface area contributed by atoms with Crippen LogP contribution < -0.4 is 5.32 Å². The van der Waals surface area contributed by atoms with E-state index in [-0.39, 0.29) is 5.91 Å². The van der Waals surface area contributed by atoms with Crippen molar-refractivity contribution in [1.29, 1.82) is 0 Å². The van der Waals surface area contributed by atoms with Crippen LogP contribution in [-0.2, 0) is 4.79 Å². The molecule has 0 aliphatic carbocycles. The molecule has 4 rings (SSSR count). The first-order valence-corrected chi connectivity index (χ1v) is 8.91. The number of fused-ring (bicyclic) bond motifs is 1. The number of rotatable bonds is 6. The molecule has 3 aromatic rings. The summed E-state index contributed by atoms with van der Waals surface area (Å²) in [5.74, 6) is 0.967. The Kier molecular flexibility index (Phi) is 4.51. The topological polar surface area (TPSA) is 84.2 Å². The molecule has 0 atom stereocenters. The maximum absolute atomic E-state index is 11.7. The molecule has 0 unspecified atom stereocenters. The summed E-state index contributed by atoms with van der Waals surface area (Å²) in [6.07, 6.45) is 3.99. The minimum absolute atomic E-state index is 0.259. The van der Waals surface area contributed by atoms with Crippen molar-refractivity contribution in [3.8, 4) is 11.3 Å². The summed E-state index contributed by atoms with van der Waals surface area (Å²) in [6.45, 7) is 4.41. The van der Waals surface area contributed by atoms with Gasteiger partial charge in [-0.1, -0.05) is 35.0 Å². The summed E-state index contributed by atoms with van der Waals surface area (Å²) in [7, 11) is 0. The molecule has 3 heterocycles. The maximum Gasteiger partial charge on any atom is 0.263 e. The van der Waals surface area contributed by atoms with Crippen LogP contribution >= 0.6 is 0 Å². The summed E-state index contributed by atoms with van der Waals surface area (Å²) in [4.78, 5) is 22.1. The number of aromatic nitrogens is 3. The van der Waals surface area contributed by atoms with E-state index in [9.17, 15) is 4.79 Å². The normalized spacial score (nSPS) is 14.3. The molecule has 1 aromatic carbocycles.